The van der Waals surface area contributed by atoms with E-state index in [0.29, 0.717) is 65.7 Å². The number of amides is 2. The zero-order valence-electron chi connectivity index (χ0n) is 30.4. The molecular weight excluding hydrogens is 673 g/mol. The summed E-state index contributed by atoms with van der Waals surface area (Å²) >= 11 is 0. The lowest BCUT2D eigenvalue weighted by Gasteiger charge is -2.25. The van der Waals surface area contributed by atoms with Crippen LogP contribution in [0, 0.1) is 0 Å². The Hall–Kier alpha value is -5.38. The van der Waals surface area contributed by atoms with E-state index in [2.05, 4.69) is 130 Å². The number of nitrogens with one attached hydrogen (secondary N) is 2. The third-order valence-electron chi connectivity index (χ3n) is 11.1. The number of carbonyl (C=O) groups excluding carboxylic acids is 2. The molecule has 1 heterocycles. The fraction of sp³-hybridized carbons (Fsp3) is 0.261. The largest absolute Gasteiger partial charge is 0.379 e. The molecule has 0 spiro atoms. The van der Waals surface area contributed by atoms with Crippen LogP contribution in [0.15, 0.2) is 109 Å². The minimum Gasteiger partial charge on any atom is -0.379 e. The summed E-state index contributed by atoms with van der Waals surface area (Å²) in [6, 6.07) is 38.8. The molecule has 0 aromatic heterocycles. The molecule has 0 radical (unpaired) electrons. The van der Waals surface area contributed by atoms with Gasteiger partial charge >= 0.3 is 0 Å². The highest BCUT2D eigenvalue weighted by molar-refractivity contribution is 6.24. The van der Waals surface area contributed by atoms with Crippen LogP contribution in [0.2, 0.25) is 0 Å². The van der Waals surface area contributed by atoms with Crippen LogP contribution in [0.25, 0.3) is 64.6 Å². The summed E-state index contributed by atoms with van der Waals surface area (Å²) in [6.07, 6.45) is 0. The van der Waals surface area contributed by atoms with Crippen LogP contribution < -0.4 is 10.6 Å². The Labute approximate surface area is 314 Å². The van der Waals surface area contributed by atoms with Crippen molar-refractivity contribution in [1.29, 1.82) is 0 Å². The lowest BCUT2D eigenvalue weighted by atomic mass is 9.92. The molecule has 8 nitrogen and oxygen atoms in total. The predicted molar refractivity (Wildman–Crippen MR) is 219 cm³/mol. The Morgan fingerprint density at radius 3 is 1.17 bits per heavy atom. The molecule has 0 unspecified atom stereocenters. The van der Waals surface area contributed by atoms with E-state index in [0.717, 1.165) is 11.1 Å². The van der Waals surface area contributed by atoms with Crippen molar-refractivity contribution in [2.75, 3.05) is 65.7 Å². The van der Waals surface area contributed by atoms with Gasteiger partial charge in [0.15, 0.2) is 0 Å². The number of carbonyl (C=O) groups is 2. The third kappa shape index (κ3) is 6.90. The molecule has 0 saturated carbocycles. The summed E-state index contributed by atoms with van der Waals surface area (Å²) < 4.78 is 12.0. The highest BCUT2D eigenvalue weighted by atomic mass is 16.5. The smallest absolute Gasteiger partial charge is 0.234 e. The van der Waals surface area contributed by atoms with Crippen LogP contribution in [0.4, 0.5) is 0 Å². The van der Waals surface area contributed by atoms with Crippen molar-refractivity contribution in [1.82, 2.24) is 20.4 Å². The molecule has 2 N–H and O–H groups in total. The average Bonchev–Trinajstić information content (AvgIpc) is 3.19. The predicted octanol–water partition coefficient (Wildman–Crippen LogP) is 7.06. The zero-order valence-corrected chi connectivity index (χ0v) is 30.4. The van der Waals surface area contributed by atoms with Gasteiger partial charge in [0, 0.05) is 39.3 Å². The van der Waals surface area contributed by atoms with E-state index in [9.17, 15) is 9.59 Å². The van der Waals surface area contributed by atoms with E-state index in [1.54, 1.807) is 0 Å². The van der Waals surface area contributed by atoms with Gasteiger partial charge in [-0.25, -0.2) is 0 Å². The Bertz CT molecular complexity index is 2380. The maximum Gasteiger partial charge on any atom is 0.234 e. The molecule has 8 heteroatoms. The molecule has 2 amide bonds. The van der Waals surface area contributed by atoms with Gasteiger partial charge in [-0.2, -0.15) is 0 Å². The molecular formula is C46H44N4O4. The van der Waals surface area contributed by atoms with Gasteiger partial charge in [0.05, 0.1) is 39.5 Å². The van der Waals surface area contributed by atoms with Crippen LogP contribution in [0.5, 0.6) is 0 Å². The van der Waals surface area contributed by atoms with Crippen molar-refractivity contribution in [3.63, 3.8) is 0 Å². The van der Waals surface area contributed by atoms with Crippen molar-refractivity contribution in [2.45, 2.75) is 13.1 Å². The lowest BCUT2D eigenvalue weighted by molar-refractivity contribution is -0.123. The highest BCUT2D eigenvalue weighted by Crippen LogP contribution is 2.37. The first kappa shape index (κ1) is 34.4. The molecule has 272 valence electrons. The van der Waals surface area contributed by atoms with Gasteiger partial charge in [0.2, 0.25) is 11.8 Å². The minimum atomic E-state index is -0.0212. The topological polar surface area (TPSA) is 83.1 Å². The standard InChI is InChI=1S/C46H44N4O4/c51-41(47-27-37-13-11-35-9-7-31-3-1-5-33-15-17-39(37)45(35)43(31)33)29-49-19-23-53-25-21-50(22-26-54-24-20-49)30-42(52)48-28-38-14-12-36-10-8-32-4-2-6-34-16-18-40(38)46(36)44(32)34/h1-18H,19-30H2,(H,47,51)(H,48,52). The van der Waals surface area contributed by atoms with Crippen LogP contribution in [-0.2, 0) is 32.2 Å². The summed E-state index contributed by atoms with van der Waals surface area (Å²) in [5.74, 6) is -0.0425. The highest BCUT2D eigenvalue weighted by Gasteiger charge is 2.17. The van der Waals surface area contributed by atoms with Crippen molar-refractivity contribution >= 4 is 76.4 Å². The lowest BCUT2D eigenvalue weighted by Crippen LogP contribution is -2.43. The molecule has 9 rings (SSSR count). The van der Waals surface area contributed by atoms with Crippen LogP contribution in [-0.4, -0.2) is 87.3 Å². The van der Waals surface area contributed by atoms with Crippen LogP contribution >= 0.6 is 0 Å². The summed E-state index contributed by atoms with van der Waals surface area (Å²) in [6.45, 7) is 5.95. The van der Waals surface area contributed by atoms with Gasteiger partial charge in [-0.1, -0.05) is 109 Å². The van der Waals surface area contributed by atoms with E-state index in [1.165, 1.54) is 64.6 Å². The molecule has 8 aromatic carbocycles. The van der Waals surface area contributed by atoms with Crippen molar-refractivity contribution in [2.24, 2.45) is 0 Å². The van der Waals surface area contributed by atoms with Crippen LogP contribution in [0.3, 0.4) is 0 Å². The van der Waals surface area contributed by atoms with E-state index in [-0.39, 0.29) is 24.9 Å². The quantitative estimate of drug-likeness (QED) is 0.164. The third-order valence-corrected chi connectivity index (χ3v) is 11.1. The summed E-state index contributed by atoms with van der Waals surface area (Å²) in [5, 5.41) is 21.1. The molecule has 54 heavy (non-hydrogen) atoms. The Morgan fingerprint density at radius 2 is 0.778 bits per heavy atom. The second kappa shape index (κ2) is 15.2. The van der Waals surface area contributed by atoms with E-state index in [4.69, 9.17) is 9.47 Å². The van der Waals surface area contributed by atoms with Gasteiger partial charge in [0.1, 0.15) is 0 Å². The zero-order chi connectivity index (χ0) is 36.4. The number of ether oxygens (including phenoxy) is 2. The second-order valence-electron chi connectivity index (χ2n) is 14.5. The number of hydrogen-bond donors (Lipinski definition) is 2. The fourth-order valence-electron chi connectivity index (χ4n) is 8.32. The number of hydrogen-bond acceptors (Lipinski definition) is 6. The summed E-state index contributed by atoms with van der Waals surface area (Å²) in [7, 11) is 0. The van der Waals surface area contributed by atoms with Crippen molar-refractivity contribution in [3.8, 4) is 0 Å². The monoisotopic (exact) mass is 716 g/mol. The number of nitrogens with zero attached hydrogens (tertiary/aromatic N) is 2. The Balaban J connectivity index is 0.758. The molecule has 1 saturated heterocycles. The molecule has 8 aromatic rings. The van der Waals surface area contributed by atoms with Gasteiger partial charge in [-0.05, 0) is 75.8 Å². The Kier molecular flexibility index (Phi) is 9.66. The molecule has 0 aliphatic carbocycles. The van der Waals surface area contributed by atoms with E-state index < -0.39 is 0 Å². The van der Waals surface area contributed by atoms with Crippen molar-refractivity contribution < 1.29 is 19.1 Å². The summed E-state index contributed by atoms with van der Waals surface area (Å²) in [4.78, 5) is 30.5. The molecule has 0 bridgehead atoms. The van der Waals surface area contributed by atoms with Gasteiger partial charge in [-0.3, -0.25) is 19.4 Å². The van der Waals surface area contributed by atoms with Gasteiger partial charge in [-0.15, -0.1) is 0 Å². The SMILES string of the molecule is O=C(CN1CCOCCN(CC(=O)NCc2ccc3ccc4cccc5ccc2c3c45)CCOCC1)NCc1ccc2ccc3cccc4ccc1c2c34. The first-order valence-electron chi connectivity index (χ1n) is 19.0. The van der Waals surface area contributed by atoms with Gasteiger partial charge < -0.3 is 20.1 Å². The molecule has 1 aliphatic heterocycles. The Morgan fingerprint density at radius 1 is 0.444 bits per heavy atom. The minimum absolute atomic E-state index is 0.0212. The average molecular weight is 717 g/mol. The second-order valence-corrected chi connectivity index (χ2v) is 14.5. The first-order chi connectivity index (χ1) is 26.6. The normalized spacial score (nSPS) is 15.7. The van der Waals surface area contributed by atoms with Crippen LogP contribution in [0.1, 0.15) is 11.1 Å². The van der Waals surface area contributed by atoms with Gasteiger partial charge in [0.25, 0.3) is 0 Å². The van der Waals surface area contributed by atoms with Crippen molar-refractivity contribution in [3.05, 3.63) is 120 Å². The molecule has 1 aliphatic rings. The molecule has 0 atom stereocenters. The molecule has 1 fully saturated rings. The number of rotatable bonds is 8. The summed E-state index contributed by atoms with van der Waals surface area (Å²) in [5.41, 5.74) is 2.22. The maximum atomic E-state index is 13.2. The first-order valence-corrected chi connectivity index (χ1v) is 19.0. The fourth-order valence-corrected chi connectivity index (χ4v) is 8.32. The van der Waals surface area contributed by atoms with E-state index >= 15 is 0 Å². The number of benzene rings is 8. The maximum absolute atomic E-state index is 13.2. The van der Waals surface area contributed by atoms with E-state index in [1.807, 2.05) is 0 Å².